The highest BCUT2D eigenvalue weighted by atomic mass is 79.9. The van der Waals surface area contributed by atoms with Gasteiger partial charge in [-0.25, -0.2) is 0 Å². The summed E-state index contributed by atoms with van der Waals surface area (Å²) in [5.74, 6) is -0.176. The Bertz CT molecular complexity index is 528. The van der Waals surface area contributed by atoms with Gasteiger partial charge in [-0.2, -0.15) is 0 Å². The van der Waals surface area contributed by atoms with Crippen LogP contribution in [-0.4, -0.2) is 41.5 Å². The van der Waals surface area contributed by atoms with Crippen LogP contribution < -0.4 is 5.32 Å². The molecule has 0 saturated carbocycles. The molecule has 6 heteroatoms. The molecule has 2 rings (SSSR count). The van der Waals surface area contributed by atoms with Crippen molar-refractivity contribution in [2.45, 2.75) is 25.7 Å². The molecule has 21 heavy (non-hydrogen) atoms. The number of rotatable bonds is 4. The number of phenols is 1. The summed E-state index contributed by atoms with van der Waals surface area (Å²) in [4.78, 5) is 25.7. The molecule has 1 aliphatic rings. The maximum Gasteiger partial charge on any atom is 0.251 e. The minimum absolute atomic E-state index is 0.0204. The number of phenolic OH excluding ortho intramolecular Hbond substituents is 1. The van der Waals surface area contributed by atoms with Crippen LogP contribution in [0.15, 0.2) is 22.7 Å². The third-order valence-electron chi connectivity index (χ3n) is 3.54. The van der Waals surface area contributed by atoms with Gasteiger partial charge in [0.1, 0.15) is 5.75 Å². The zero-order chi connectivity index (χ0) is 15.2. The Balaban J connectivity index is 1.78. The summed E-state index contributed by atoms with van der Waals surface area (Å²) in [6.07, 6.45) is 3.63. The quantitative estimate of drug-likeness (QED) is 0.871. The van der Waals surface area contributed by atoms with E-state index in [2.05, 4.69) is 21.2 Å². The van der Waals surface area contributed by atoms with E-state index in [1.807, 2.05) is 4.90 Å². The molecule has 2 amide bonds. The fraction of sp³-hybridized carbons (Fsp3) is 0.467. The lowest BCUT2D eigenvalue weighted by Gasteiger charge is -2.26. The van der Waals surface area contributed by atoms with Gasteiger partial charge in [-0.3, -0.25) is 9.59 Å². The number of piperidine rings is 1. The molecule has 0 bridgehead atoms. The van der Waals surface area contributed by atoms with Crippen molar-refractivity contribution in [1.29, 1.82) is 0 Å². The highest BCUT2D eigenvalue weighted by Gasteiger charge is 2.16. The predicted molar refractivity (Wildman–Crippen MR) is 83.2 cm³/mol. The van der Waals surface area contributed by atoms with Crippen LogP contribution in [0.2, 0.25) is 0 Å². The minimum Gasteiger partial charge on any atom is -0.507 e. The Kier molecular flexibility index (Phi) is 5.61. The predicted octanol–water partition coefficient (Wildman–Crippen LogP) is 2.29. The summed E-state index contributed by atoms with van der Waals surface area (Å²) in [7, 11) is 0. The van der Waals surface area contributed by atoms with E-state index in [1.165, 1.54) is 12.5 Å². The fourth-order valence-corrected chi connectivity index (χ4v) is 2.59. The number of amides is 2. The van der Waals surface area contributed by atoms with Gasteiger partial charge in [-0.15, -0.1) is 0 Å². The van der Waals surface area contributed by atoms with Gasteiger partial charge in [-0.1, -0.05) is 0 Å². The van der Waals surface area contributed by atoms with Gasteiger partial charge < -0.3 is 15.3 Å². The van der Waals surface area contributed by atoms with Crippen LogP contribution in [-0.2, 0) is 4.79 Å². The number of nitrogens with one attached hydrogen (secondary N) is 1. The van der Waals surface area contributed by atoms with Crippen molar-refractivity contribution in [3.05, 3.63) is 28.2 Å². The van der Waals surface area contributed by atoms with Crippen LogP contribution in [0.4, 0.5) is 0 Å². The Labute approximate surface area is 132 Å². The molecule has 0 aromatic heterocycles. The number of halogens is 1. The second-order valence-corrected chi connectivity index (χ2v) is 5.97. The second-order valence-electron chi connectivity index (χ2n) is 5.11. The number of aromatic hydroxyl groups is 1. The molecular weight excluding hydrogens is 336 g/mol. The van der Waals surface area contributed by atoms with E-state index < -0.39 is 0 Å². The topological polar surface area (TPSA) is 69.6 Å². The second kappa shape index (κ2) is 7.45. The first kappa shape index (κ1) is 15.8. The molecule has 2 N–H and O–H groups in total. The number of hydrogen-bond acceptors (Lipinski definition) is 3. The monoisotopic (exact) mass is 354 g/mol. The summed E-state index contributed by atoms with van der Waals surface area (Å²) in [6.45, 7) is 1.96. The molecule has 5 nitrogen and oxygen atoms in total. The van der Waals surface area contributed by atoms with Gasteiger partial charge in [-0.05, 0) is 53.4 Å². The van der Waals surface area contributed by atoms with Crippen LogP contribution in [0.1, 0.15) is 36.0 Å². The number of hydrogen-bond donors (Lipinski definition) is 2. The molecule has 1 aromatic rings. The lowest BCUT2D eigenvalue weighted by molar-refractivity contribution is -0.131. The molecule has 0 aliphatic carbocycles. The van der Waals surface area contributed by atoms with Crippen molar-refractivity contribution in [1.82, 2.24) is 10.2 Å². The Morgan fingerprint density at radius 2 is 1.95 bits per heavy atom. The van der Waals surface area contributed by atoms with Crippen LogP contribution in [0.5, 0.6) is 5.75 Å². The van der Waals surface area contributed by atoms with E-state index in [1.54, 1.807) is 12.1 Å². The summed E-state index contributed by atoms with van der Waals surface area (Å²) in [5.41, 5.74) is 0.376. The highest BCUT2D eigenvalue weighted by Crippen LogP contribution is 2.24. The van der Waals surface area contributed by atoms with Gasteiger partial charge in [0.15, 0.2) is 0 Å². The zero-order valence-electron chi connectivity index (χ0n) is 11.8. The maximum atomic E-state index is 11.9. The average Bonchev–Trinajstić information content (AvgIpc) is 2.50. The van der Waals surface area contributed by atoms with Crippen molar-refractivity contribution in [3.8, 4) is 5.75 Å². The van der Waals surface area contributed by atoms with E-state index in [4.69, 9.17) is 0 Å². The summed E-state index contributed by atoms with van der Waals surface area (Å²) < 4.78 is 0.541. The summed E-state index contributed by atoms with van der Waals surface area (Å²) in [6, 6.07) is 4.63. The van der Waals surface area contributed by atoms with Gasteiger partial charge in [0.2, 0.25) is 5.91 Å². The number of likely N-dealkylation sites (tertiary alicyclic amines) is 1. The molecule has 1 aromatic carbocycles. The zero-order valence-corrected chi connectivity index (χ0v) is 13.4. The fourth-order valence-electron chi connectivity index (χ4n) is 2.34. The molecule has 1 aliphatic heterocycles. The molecular formula is C15H19BrN2O3. The molecule has 0 unspecified atom stereocenters. The van der Waals surface area contributed by atoms with E-state index >= 15 is 0 Å². The first-order chi connectivity index (χ1) is 10.1. The summed E-state index contributed by atoms with van der Waals surface area (Å²) >= 11 is 3.16. The normalized spacial score (nSPS) is 14.8. The maximum absolute atomic E-state index is 11.9. The van der Waals surface area contributed by atoms with Crippen LogP contribution in [0, 0.1) is 0 Å². The number of carbonyl (C=O) groups excluding carboxylic acids is 2. The van der Waals surface area contributed by atoms with E-state index in [0.29, 0.717) is 23.0 Å². The largest absolute Gasteiger partial charge is 0.507 e. The number of carbonyl (C=O) groups is 2. The van der Waals surface area contributed by atoms with Crippen molar-refractivity contribution < 1.29 is 14.7 Å². The standard InChI is InChI=1S/C15H19BrN2O3/c16-12-5-4-11(10-13(12)19)15(21)17-7-6-14(20)18-8-2-1-3-9-18/h4-5,10,19H,1-3,6-9H2,(H,17,21). The first-order valence-electron chi connectivity index (χ1n) is 7.12. The van der Waals surface area contributed by atoms with E-state index in [0.717, 1.165) is 25.9 Å². The Morgan fingerprint density at radius 1 is 1.24 bits per heavy atom. The number of nitrogens with zero attached hydrogens (tertiary/aromatic N) is 1. The van der Waals surface area contributed by atoms with Gasteiger partial charge in [0.05, 0.1) is 4.47 Å². The number of benzene rings is 1. The molecule has 0 spiro atoms. The highest BCUT2D eigenvalue weighted by molar-refractivity contribution is 9.10. The lowest BCUT2D eigenvalue weighted by atomic mass is 10.1. The summed E-state index contributed by atoms with van der Waals surface area (Å²) in [5, 5.41) is 12.2. The van der Waals surface area contributed by atoms with Crippen LogP contribution in [0.25, 0.3) is 0 Å². The van der Waals surface area contributed by atoms with Crippen molar-refractivity contribution >= 4 is 27.7 Å². The van der Waals surface area contributed by atoms with Gasteiger partial charge >= 0.3 is 0 Å². The SMILES string of the molecule is O=C(NCCC(=O)N1CCCCC1)c1ccc(Br)c(O)c1. The molecule has 1 heterocycles. The third kappa shape index (κ3) is 4.46. The van der Waals surface area contributed by atoms with Crippen LogP contribution >= 0.6 is 15.9 Å². The van der Waals surface area contributed by atoms with Crippen molar-refractivity contribution in [2.24, 2.45) is 0 Å². The smallest absolute Gasteiger partial charge is 0.251 e. The van der Waals surface area contributed by atoms with E-state index in [-0.39, 0.29) is 17.6 Å². The third-order valence-corrected chi connectivity index (χ3v) is 4.21. The Hall–Kier alpha value is -1.56. The molecule has 114 valence electrons. The average molecular weight is 355 g/mol. The molecule has 1 fully saturated rings. The molecule has 0 atom stereocenters. The molecule has 0 radical (unpaired) electrons. The van der Waals surface area contributed by atoms with Crippen molar-refractivity contribution in [3.63, 3.8) is 0 Å². The van der Waals surface area contributed by atoms with Gasteiger partial charge in [0, 0.05) is 31.6 Å². The van der Waals surface area contributed by atoms with Crippen LogP contribution in [0.3, 0.4) is 0 Å². The van der Waals surface area contributed by atoms with Crippen molar-refractivity contribution in [2.75, 3.05) is 19.6 Å². The lowest BCUT2D eigenvalue weighted by Crippen LogP contribution is -2.37. The van der Waals surface area contributed by atoms with Gasteiger partial charge in [0.25, 0.3) is 5.91 Å². The first-order valence-corrected chi connectivity index (χ1v) is 7.92. The van der Waals surface area contributed by atoms with E-state index in [9.17, 15) is 14.7 Å². The Morgan fingerprint density at radius 3 is 2.62 bits per heavy atom. The molecule has 1 saturated heterocycles. The minimum atomic E-state index is -0.288.